The number of nitrogens with two attached hydrogens (primary N) is 1. The molecule has 0 aliphatic carbocycles. The van der Waals surface area contributed by atoms with Crippen LogP contribution in [0.3, 0.4) is 0 Å². The predicted octanol–water partition coefficient (Wildman–Crippen LogP) is 0.187. The van der Waals surface area contributed by atoms with Crippen molar-refractivity contribution < 1.29 is 4.79 Å². The van der Waals surface area contributed by atoms with E-state index in [2.05, 4.69) is 10.6 Å². The van der Waals surface area contributed by atoms with Crippen molar-refractivity contribution in [2.45, 2.75) is 31.7 Å². The summed E-state index contributed by atoms with van der Waals surface area (Å²) in [7, 11) is 0. The van der Waals surface area contributed by atoms with E-state index in [0.29, 0.717) is 12.6 Å². The van der Waals surface area contributed by atoms with Gasteiger partial charge in [0.05, 0.1) is 0 Å². The number of rotatable bonds is 3. The van der Waals surface area contributed by atoms with E-state index in [1.165, 1.54) is 19.3 Å². The van der Waals surface area contributed by atoms with Gasteiger partial charge >= 0.3 is 6.03 Å². The monoisotopic (exact) mass is 171 g/mol. The molecule has 1 atom stereocenters. The molecule has 1 aliphatic rings. The third kappa shape index (κ3) is 3.57. The third-order valence-corrected chi connectivity index (χ3v) is 2.20. The largest absolute Gasteiger partial charge is 0.352 e. The van der Waals surface area contributed by atoms with Crippen LogP contribution < -0.4 is 16.4 Å². The summed E-state index contributed by atoms with van der Waals surface area (Å²) in [5.74, 6) is 0. The van der Waals surface area contributed by atoms with Crippen LogP contribution in [0.2, 0.25) is 0 Å². The molecule has 0 bridgehead atoms. The molecule has 4 nitrogen and oxygen atoms in total. The third-order valence-electron chi connectivity index (χ3n) is 2.20. The summed E-state index contributed by atoms with van der Waals surface area (Å²) >= 11 is 0. The molecule has 1 rings (SSSR count). The fourth-order valence-corrected chi connectivity index (χ4v) is 1.54. The molecule has 1 saturated heterocycles. The van der Waals surface area contributed by atoms with E-state index in [0.717, 1.165) is 13.0 Å². The van der Waals surface area contributed by atoms with Gasteiger partial charge < -0.3 is 16.4 Å². The summed E-state index contributed by atoms with van der Waals surface area (Å²) in [6.07, 6.45) is 4.79. The highest BCUT2D eigenvalue weighted by atomic mass is 16.2. The van der Waals surface area contributed by atoms with Crippen LogP contribution in [0.15, 0.2) is 0 Å². The van der Waals surface area contributed by atoms with Gasteiger partial charge in [-0.15, -0.1) is 0 Å². The average Bonchev–Trinajstić information content (AvgIpc) is 2.05. The van der Waals surface area contributed by atoms with Gasteiger partial charge in [0.25, 0.3) is 0 Å². The van der Waals surface area contributed by atoms with E-state index in [-0.39, 0.29) is 0 Å². The van der Waals surface area contributed by atoms with Crippen LogP contribution in [0.25, 0.3) is 0 Å². The number of hydrogen-bond acceptors (Lipinski definition) is 2. The summed E-state index contributed by atoms with van der Waals surface area (Å²) in [6.45, 7) is 1.80. The molecule has 0 aromatic rings. The van der Waals surface area contributed by atoms with Crippen LogP contribution in [0.1, 0.15) is 25.7 Å². The molecule has 1 unspecified atom stereocenters. The Labute approximate surface area is 72.9 Å². The maximum Gasteiger partial charge on any atom is 0.312 e. The maximum absolute atomic E-state index is 10.3. The summed E-state index contributed by atoms with van der Waals surface area (Å²) in [5.41, 5.74) is 4.94. The van der Waals surface area contributed by atoms with Gasteiger partial charge in [0.1, 0.15) is 0 Å². The van der Waals surface area contributed by atoms with Crippen molar-refractivity contribution in [2.24, 2.45) is 5.73 Å². The van der Waals surface area contributed by atoms with Crippen molar-refractivity contribution in [1.29, 1.82) is 0 Å². The SMILES string of the molecule is NC(=O)NCCC1CCCCN1. The number of hydrogen-bond donors (Lipinski definition) is 3. The van der Waals surface area contributed by atoms with Crippen LogP contribution in [-0.2, 0) is 0 Å². The second-order valence-corrected chi connectivity index (χ2v) is 3.23. The zero-order valence-corrected chi connectivity index (χ0v) is 7.31. The van der Waals surface area contributed by atoms with Gasteiger partial charge in [-0.3, -0.25) is 0 Å². The first-order valence-electron chi connectivity index (χ1n) is 4.56. The van der Waals surface area contributed by atoms with Crippen molar-refractivity contribution in [2.75, 3.05) is 13.1 Å². The number of carbonyl (C=O) groups is 1. The molecule has 2 amide bonds. The number of urea groups is 1. The van der Waals surface area contributed by atoms with E-state index in [9.17, 15) is 4.79 Å². The summed E-state index contributed by atoms with van der Waals surface area (Å²) in [4.78, 5) is 10.3. The van der Waals surface area contributed by atoms with Gasteiger partial charge in [0, 0.05) is 12.6 Å². The number of nitrogens with one attached hydrogen (secondary N) is 2. The molecule has 0 spiro atoms. The first-order valence-corrected chi connectivity index (χ1v) is 4.56. The van der Waals surface area contributed by atoms with Crippen LogP contribution in [0.4, 0.5) is 4.79 Å². The van der Waals surface area contributed by atoms with Gasteiger partial charge in [-0.25, -0.2) is 4.79 Å². The van der Waals surface area contributed by atoms with Gasteiger partial charge in [0.2, 0.25) is 0 Å². The molecule has 1 heterocycles. The average molecular weight is 171 g/mol. The van der Waals surface area contributed by atoms with E-state index in [1.54, 1.807) is 0 Å². The minimum atomic E-state index is -0.425. The quantitative estimate of drug-likeness (QED) is 0.567. The molecule has 12 heavy (non-hydrogen) atoms. The Kier molecular flexibility index (Phi) is 3.87. The molecule has 0 aromatic carbocycles. The van der Waals surface area contributed by atoms with Gasteiger partial charge in [-0.2, -0.15) is 0 Å². The van der Waals surface area contributed by atoms with Crippen molar-refractivity contribution >= 4 is 6.03 Å². The Morgan fingerprint density at radius 2 is 2.42 bits per heavy atom. The van der Waals surface area contributed by atoms with Crippen LogP contribution >= 0.6 is 0 Å². The summed E-state index contributed by atoms with van der Waals surface area (Å²) in [5, 5.41) is 5.99. The lowest BCUT2D eigenvalue weighted by atomic mass is 10.0. The Morgan fingerprint density at radius 3 is 3.00 bits per heavy atom. The fraction of sp³-hybridized carbons (Fsp3) is 0.875. The van der Waals surface area contributed by atoms with Crippen molar-refractivity contribution in [3.63, 3.8) is 0 Å². The molecule has 70 valence electrons. The molecule has 4 N–H and O–H groups in total. The molecule has 4 heteroatoms. The highest BCUT2D eigenvalue weighted by Crippen LogP contribution is 2.08. The van der Waals surface area contributed by atoms with Crippen LogP contribution in [-0.4, -0.2) is 25.2 Å². The second kappa shape index (κ2) is 4.98. The van der Waals surface area contributed by atoms with E-state index < -0.39 is 6.03 Å². The van der Waals surface area contributed by atoms with E-state index in [1.807, 2.05) is 0 Å². The molecule has 1 aliphatic heterocycles. The molecular weight excluding hydrogens is 154 g/mol. The Hall–Kier alpha value is -0.770. The minimum absolute atomic E-state index is 0.425. The number of primary amides is 1. The van der Waals surface area contributed by atoms with Gasteiger partial charge in [-0.1, -0.05) is 6.42 Å². The molecule has 0 aromatic heterocycles. The molecule has 1 fully saturated rings. The first kappa shape index (κ1) is 9.32. The van der Waals surface area contributed by atoms with Crippen molar-refractivity contribution in [3.8, 4) is 0 Å². The van der Waals surface area contributed by atoms with Gasteiger partial charge in [-0.05, 0) is 25.8 Å². The topological polar surface area (TPSA) is 67.2 Å². The lowest BCUT2D eigenvalue weighted by Gasteiger charge is -2.23. The molecule has 0 saturated carbocycles. The van der Waals surface area contributed by atoms with E-state index in [4.69, 9.17) is 5.73 Å². The minimum Gasteiger partial charge on any atom is -0.352 e. The van der Waals surface area contributed by atoms with Gasteiger partial charge in [0.15, 0.2) is 0 Å². The predicted molar refractivity (Wildman–Crippen MR) is 47.8 cm³/mol. The second-order valence-electron chi connectivity index (χ2n) is 3.23. The van der Waals surface area contributed by atoms with E-state index >= 15 is 0 Å². The lowest BCUT2D eigenvalue weighted by molar-refractivity contribution is 0.248. The van der Waals surface area contributed by atoms with Crippen molar-refractivity contribution in [3.05, 3.63) is 0 Å². The number of amides is 2. The van der Waals surface area contributed by atoms with Crippen LogP contribution in [0, 0.1) is 0 Å². The summed E-state index contributed by atoms with van der Waals surface area (Å²) in [6, 6.07) is 0.149. The first-order chi connectivity index (χ1) is 5.79. The standard InChI is InChI=1S/C8H17N3O/c9-8(12)11-6-4-7-3-1-2-5-10-7/h7,10H,1-6H2,(H3,9,11,12). The number of carbonyl (C=O) groups excluding carboxylic acids is 1. The number of piperidine rings is 1. The molecule has 0 radical (unpaired) electrons. The zero-order valence-electron chi connectivity index (χ0n) is 7.31. The Balaban J connectivity index is 2.01. The summed E-state index contributed by atoms with van der Waals surface area (Å²) < 4.78 is 0. The maximum atomic E-state index is 10.3. The smallest absolute Gasteiger partial charge is 0.312 e. The fourth-order valence-electron chi connectivity index (χ4n) is 1.54. The highest BCUT2D eigenvalue weighted by Gasteiger charge is 2.11. The Bertz CT molecular complexity index is 143. The molecular formula is C8H17N3O. The van der Waals surface area contributed by atoms with Crippen LogP contribution in [0.5, 0.6) is 0 Å². The highest BCUT2D eigenvalue weighted by molar-refractivity contribution is 5.71. The zero-order chi connectivity index (χ0) is 8.81. The Morgan fingerprint density at radius 1 is 1.58 bits per heavy atom. The van der Waals surface area contributed by atoms with Crippen molar-refractivity contribution in [1.82, 2.24) is 10.6 Å². The normalized spacial score (nSPS) is 23.5. The lowest BCUT2D eigenvalue weighted by Crippen LogP contribution is -2.38.